The monoisotopic (exact) mass is 280 g/mol. The number of hydrogen-bond acceptors (Lipinski definition) is 1. The van der Waals surface area contributed by atoms with Crippen molar-refractivity contribution in [3.63, 3.8) is 0 Å². The molecular formula is C20H24O. The zero-order chi connectivity index (χ0) is 14.6. The highest BCUT2D eigenvalue weighted by Gasteiger charge is 2.49. The molecule has 0 aromatic carbocycles. The Morgan fingerprint density at radius 1 is 1.29 bits per heavy atom. The molecule has 1 nitrogen and oxygen atoms in total. The number of ketones is 1. The molecule has 110 valence electrons. The summed E-state index contributed by atoms with van der Waals surface area (Å²) in [4.78, 5) is 11.7. The minimum Gasteiger partial charge on any atom is -0.295 e. The van der Waals surface area contributed by atoms with Crippen LogP contribution < -0.4 is 0 Å². The number of allylic oxidation sites excluding steroid dienone is 7. The Balaban J connectivity index is 1.74. The summed E-state index contributed by atoms with van der Waals surface area (Å²) in [6, 6.07) is 0. The fourth-order valence-corrected chi connectivity index (χ4v) is 5.45. The van der Waals surface area contributed by atoms with Crippen LogP contribution in [0, 0.1) is 17.3 Å². The predicted molar refractivity (Wildman–Crippen MR) is 85.8 cm³/mol. The second-order valence-electron chi connectivity index (χ2n) is 7.41. The molecule has 0 bridgehead atoms. The number of rotatable bonds is 1. The minimum absolute atomic E-state index is 0.338. The summed E-state index contributed by atoms with van der Waals surface area (Å²) in [7, 11) is 0. The van der Waals surface area contributed by atoms with Crippen LogP contribution in [0.1, 0.15) is 51.9 Å². The van der Waals surface area contributed by atoms with Crippen LogP contribution in [0.2, 0.25) is 0 Å². The van der Waals surface area contributed by atoms with Crippen LogP contribution in [0.5, 0.6) is 0 Å². The maximum atomic E-state index is 11.7. The molecule has 0 N–H and O–H groups in total. The Hall–Kier alpha value is -1.37. The van der Waals surface area contributed by atoms with Crippen molar-refractivity contribution in [3.05, 3.63) is 47.1 Å². The predicted octanol–water partition coefficient (Wildman–Crippen LogP) is 4.91. The van der Waals surface area contributed by atoms with Gasteiger partial charge in [-0.15, -0.1) is 0 Å². The van der Waals surface area contributed by atoms with Gasteiger partial charge in [-0.05, 0) is 78.6 Å². The zero-order valence-electron chi connectivity index (χ0n) is 13.0. The lowest BCUT2D eigenvalue weighted by Crippen LogP contribution is -2.38. The molecule has 21 heavy (non-hydrogen) atoms. The zero-order valence-corrected chi connectivity index (χ0v) is 13.0. The molecule has 0 amide bonds. The third-order valence-corrected chi connectivity index (χ3v) is 6.59. The smallest absolute Gasteiger partial charge is 0.156 e. The molecule has 4 aliphatic carbocycles. The molecule has 0 unspecified atom stereocenters. The van der Waals surface area contributed by atoms with Gasteiger partial charge >= 0.3 is 0 Å². The highest BCUT2D eigenvalue weighted by Crippen LogP contribution is 2.60. The van der Waals surface area contributed by atoms with Gasteiger partial charge < -0.3 is 0 Å². The highest BCUT2D eigenvalue weighted by molar-refractivity contribution is 5.93. The van der Waals surface area contributed by atoms with Gasteiger partial charge in [-0.1, -0.05) is 31.2 Å². The highest BCUT2D eigenvalue weighted by atomic mass is 16.1. The van der Waals surface area contributed by atoms with E-state index in [2.05, 4.69) is 25.7 Å². The summed E-state index contributed by atoms with van der Waals surface area (Å²) in [6.45, 7) is 6.48. The SMILES string of the molecule is C=CC1=CC[C@H]2[C@@H]3CCC4=CC(=O)CCC4=C3CC[C@]12C. The van der Waals surface area contributed by atoms with E-state index < -0.39 is 0 Å². The van der Waals surface area contributed by atoms with Crippen LogP contribution in [0.25, 0.3) is 0 Å². The van der Waals surface area contributed by atoms with E-state index >= 15 is 0 Å². The maximum Gasteiger partial charge on any atom is 0.156 e. The fourth-order valence-electron chi connectivity index (χ4n) is 5.45. The molecule has 1 fully saturated rings. The quantitative estimate of drug-likeness (QED) is 0.666. The molecule has 1 heteroatoms. The Morgan fingerprint density at radius 2 is 2.14 bits per heavy atom. The summed E-state index contributed by atoms with van der Waals surface area (Å²) in [5, 5.41) is 0. The number of carbonyl (C=O) groups is 1. The Morgan fingerprint density at radius 3 is 2.95 bits per heavy atom. The van der Waals surface area contributed by atoms with Crippen molar-refractivity contribution in [3.8, 4) is 0 Å². The normalized spacial score (nSPS) is 38.2. The van der Waals surface area contributed by atoms with Gasteiger partial charge in [0.05, 0.1) is 0 Å². The molecule has 0 aliphatic heterocycles. The van der Waals surface area contributed by atoms with Crippen molar-refractivity contribution in [2.45, 2.75) is 51.9 Å². The summed E-state index contributed by atoms with van der Waals surface area (Å²) in [6.07, 6.45) is 14.3. The maximum absolute atomic E-state index is 11.7. The first kappa shape index (κ1) is 13.3. The topological polar surface area (TPSA) is 17.1 Å². The second-order valence-corrected chi connectivity index (χ2v) is 7.41. The molecule has 0 aromatic rings. The molecule has 3 atom stereocenters. The van der Waals surface area contributed by atoms with Crippen molar-refractivity contribution in [1.82, 2.24) is 0 Å². The summed E-state index contributed by atoms with van der Waals surface area (Å²) in [5.41, 5.74) is 6.48. The van der Waals surface area contributed by atoms with Crippen LogP contribution >= 0.6 is 0 Å². The lowest BCUT2D eigenvalue weighted by Gasteiger charge is -2.48. The van der Waals surface area contributed by atoms with E-state index in [0.29, 0.717) is 11.2 Å². The van der Waals surface area contributed by atoms with Gasteiger partial charge in [0.1, 0.15) is 0 Å². The largest absolute Gasteiger partial charge is 0.295 e. The van der Waals surface area contributed by atoms with E-state index in [9.17, 15) is 4.79 Å². The van der Waals surface area contributed by atoms with Crippen molar-refractivity contribution in [1.29, 1.82) is 0 Å². The molecule has 1 saturated carbocycles. The third kappa shape index (κ3) is 1.79. The van der Waals surface area contributed by atoms with Gasteiger partial charge in [-0.3, -0.25) is 4.79 Å². The summed E-state index contributed by atoms with van der Waals surface area (Å²) >= 11 is 0. The average Bonchev–Trinajstić information content (AvgIpc) is 2.83. The van der Waals surface area contributed by atoms with Crippen LogP contribution in [-0.2, 0) is 4.79 Å². The summed E-state index contributed by atoms with van der Waals surface area (Å²) < 4.78 is 0. The third-order valence-electron chi connectivity index (χ3n) is 6.59. The number of fused-ring (bicyclic) bond motifs is 4. The van der Waals surface area contributed by atoms with Crippen molar-refractivity contribution in [2.24, 2.45) is 17.3 Å². The van der Waals surface area contributed by atoms with Gasteiger partial charge in [0.25, 0.3) is 0 Å². The van der Waals surface area contributed by atoms with Crippen LogP contribution in [0.3, 0.4) is 0 Å². The van der Waals surface area contributed by atoms with Crippen LogP contribution in [0.4, 0.5) is 0 Å². The lowest BCUT2D eigenvalue weighted by atomic mass is 9.56. The van der Waals surface area contributed by atoms with E-state index in [-0.39, 0.29) is 0 Å². The van der Waals surface area contributed by atoms with E-state index in [0.717, 1.165) is 31.1 Å². The van der Waals surface area contributed by atoms with Crippen LogP contribution in [-0.4, -0.2) is 5.78 Å². The standard InChI is InChI=1S/C20H24O/c1-3-14-5-9-19-18-7-4-13-12-15(21)6-8-16(13)17(18)10-11-20(14,19)2/h3,5,12,18-19H,1,4,6-11H2,2H3/t18-,19+,20-/m1/s1. The van der Waals surface area contributed by atoms with E-state index in [1.165, 1.54) is 36.8 Å². The first-order valence-electron chi connectivity index (χ1n) is 8.42. The Bertz CT molecular complexity index is 616. The average molecular weight is 280 g/mol. The molecule has 0 radical (unpaired) electrons. The minimum atomic E-state index is 0.338. The number of hydrogen-bond donors (Lipinski definition) is 0. The first-order valence-corrected chi connectivity index (χ1v) is 8.42. The van der Waals surface area contributed by atoms with Gasteiger partial charge in [-0.2, -0.15) is 0 Å². The van der Waals surface area contributed by atoms with E-state index in [4.69, 9.17) is 0 Å². The molecular weight excluding hydrogens is 256 g/mol. The van der Waals surface area contributed by atoms with Gasteiger partial charge in [-0.25, -0.2) is 0 Å². The van der Waals surface area contributed by atoms with Crippen molar-refractivity contribution < 1.29 is 4.79 Å². The molecule has 0 saturated heterocycles. The molecule has 0 aromatic heterocycles. The molecule has 0 heterocycles. The van der Waals surface area contributed by atoms with Gasteiger partial charge in [0.2, 0.25) is 0 Å². The van der Waals surface area contributed by atoms with E-state index in [1.807, 2.05) is 6.08 Å². The van der Waals surface area contributed by atoms with Crippen molar-refractivity contribution >= 4 is 5.78 Å². The lowest BCUT2D eigenvalue weighted by molar-refractivity contribution is -0.114. The van der Waals surface area contributed by atoms with Crippen molar-refractivity contribution in [2.75, 3.05) is 0 Å². The second kappa shape index (κ2) is 4.56. The van der Waals surface area contributed by atoms with Crippen LogP contribution in [0.15, 0.2) is 47.1 Å². The summed E-state index contributed by atoms with van der Waals surface area (Å²) in [5.74, 6) is 1.85. The fraction of sp³-hybridized carbons (Fsp3) is 0.550. The molecule has 0 spiro atoms. The Labute approximate surface area is 127 Å². The molecule has 4 rings (SSSR count). The van der Waals surface area contributed by atoms with Gasteiger partial charge in [0, 0.05) is 6.42 Å². The van der Waals surface area contributed by atoms with Gasteiger partial charge in [0.15, 0.2) is 5.78 Å². The van der Waals surface area contributed by atoms with E-state index in [1.54, 1.807) is 11.1 Å². The molecule has 4 aliphatic rings. The first-order chi connectivity index (χ1) is 10.1. The number of carbonyl (C=O) groups excluding carboxylic acids is 1. The Kier molecular flexibility index (Phi) is 2.89.